The highest BCUT2D eigenvalue weighted by Gasteiger charge is 2.34. The number of halogens is 4. The van der Waals surface area contributed by atoms with Crippen molar-refractivity contribution < 1.29 is 27.4 Å². The zero-order valence-electron chi connectivity index (χ0n) is 23.0. The Morgan fingerprint density at radius 3 is 2.52 bits per heavy atom. The summed E-state index contributed by atoms with van der Waals surface area (Å²) in [7, 11) is 2.00. The number of nitrogens with zero attached hydrogens (tertiary/aromatic N) is 3. The van der Waals surface area contributed by atoms with Gasteiger partial charge in [0.15, 0.2) is 5.78 Å². The Morgan fingerprint density at radius 1 is 1.10 bits per heavy atom. The van der Waals surface area contributed by atoms with Gasteiger partial charge in [-0.3, -0.25) is 9.69 Å². The molecule has 0 spiro atoms. The van der Waals surface area contributed by atoms with Gasteiger partial charge in [0, 0.05) is 56.3 Å². The molecule has 3 aromatic rings. The minimum Gasteiger partial charge on any atom is -0.484 e. The number of ether oxygens (including phenoxy) is 2. The van der Waals surface area contributed by atoms with Crippen molar-refractivity contribution in [3.05, 3.63) is 87.1 Å². The van der Waals surface area contributed by atoms with E-state index in [1.165, 1.54) is 30.5 Å². The molecule has 2 aromatic carbocycles. The van der Waals surface area contributed by atoms with E-state index in [1.807, 2.05) is 11.9 Å². The van der Waals surface area contributed by atoms with Crippen LogP contribution in [0.2, 0.25) is 5.02 Å². The van der Waals surface area contributed by atoms with Crippen molar-refractivity contribution in [2.24, 2.45) is 0 Å². The maximum atomic E-state index is 14.0. The highest BCUT2D eigenvalue weighted by atomic mass is 35.5. The van der Waals surface area contributed by atoms with Crippen LogP contribution in [0.15, 0.2) is 48.7 Å². The number of pyridine rings is 1. The van der Waals surface area contributed by atoms with Crippen LogP contribution in [0.4, 0.5) is 19.0 Å². The number of benzene rings is 2. The monoisotopic (exact) mass is 598 g/mol. The predicted octanol–water partition coefficient (Wildman–Crippen LogP) is 4.69. The van der Waals surface area contributed by atoms with E-state index < -0.39 is 11.7 Å². The summed E-state index contributed by atoms with van der Waals surface area (Å²) in [4.78, 5) is 21.4. The van der Waals surface area contributed by atoms with Gasteiger partial charge in [0.2, 0.25) is 0 Å². The number of likely N-dealkylation sites (N-methyl/N-ethyl adjacent to an activating group) is 1. The number of piperazine rings is 1. The van der Waals surface area contributed by atoms with Crippen LogP contribution in [0, 0.1) is 11.8 Å². The fraction of sp³-hybridized carbons (Fsp3) is 0.355. The van der Waals surface area contributed by atoms with Gasteiger partial charge in [0.05, 0.1) is 35.6 Å². The van der Waals surface area contributed by atoms with Gasteiger partial charge in [-0.25, -0.2) is 4.98 Å². The number of nitrogens with two attached hydrogens (primary N) is 1. The second-order valence-electron chi connectivity index (χ2n) is 10.5. The molecule has 0 radical (unpaired) electrons. The first-order chi connectivity index (χ1) is 20.0. The van der Waals surface area contributed by atoms with E-state index in [-0.39, 0.29) is 47.4 Å². The highest BCUT2D eigenvalue weighted by Crippen LogP contribution is 2.34. The van der Waals surface area contributed by atoms with Gasteiger partial charge in [0.1, 0.15) is 17.7 Å². The maximum Gasteiger partial charge on any atom is 0.416 e. The molecule has 0 aliphatic carbocycles. The first-order valence-corrected chi connectivity index (χ1v) is 13.9. The topological polar surface area (TPSA) is 80.9 Å². The van der Waals surface area contributed by atoms with E-state index >= 15 is 0 Å². The van der Waals surface area contributed by atoms with Crippen LogP contribution in [0.1, 0.15) is 38.2 Å². The fourth-order valence-corrected chi connectivity index (χ4v) is 4.86. The summed E-state index contributed by atoms with van der Waals surface area (Å²) < 4.78 is 52.8. The highest BCUT2D eigenvalue weighted by molar-refractivity contribution is 6.31. The molecule has 11 heteroatoms. The van der Waals surface area contributed by atoms with E-state index in [2.05, 4.69) is 21.7 Å². The molecule has 0 atom stereocenters. The van der Waals surface area contributed by atoms with Crippen LogP contribution in [0.3, 0.4) is 0 Å². The van der Waals surface area contributed by atoms with E-state index in [1.54, 1.807) is 12.1 Å². The molecule has 0 bridgehead atoms. The number of rotatable bonds is 7. The average molecular weight is 599 g/mol. The van der Waals surface area contributed by atoms with Gasteiger partial charge < -0.3 is 20.1 Å². The normalized spacial score (nSPS) is 16.4. The standard InChI is InChI=1S/C31H30ClF3N4O3/c1-38-8-10-39(11-9-38)17-24-3-2-20(12-27(24)31(33,34)35)13-29(40)22-6-7-28(32)21(14-22)4-5-23-15-25(16-37-30(23)36)42-26-18-41-19-26/h2-3,6-7,12,14-16,26H,8-11,13,17-19H2,1H3,(H2,36,37). The van der Waals surface area contributed by atoms with E-state index in [0.29, 0.717) is 48.2 Å². The third kappa shape index (κ3) is 7.41. The molecule has 0 amide bonds. The average Bonchev–Trinajstić information content (AvgIpc) is 2.93. The van der Waals surface area contributed by atoms with Crippen LogP contribution in [-0.4, -0.2) is 73.1 Å². The minimum atomic E-state index is -4.53. The molecular formula is C31H30ClF3N4O3. The molecule has 0 saturated carbocycles. The van der Waals surface area contributed by atoms with Gasteiger partial charge in [-0.15, -0.1) is 0 Å². The Morgan fingerprint density at radius 2 is 1.83 bits per heavy atom. The lowest BCUT2D eigenvalue weighted by Gasteiger charge is -2.33. The summed E-state index contributed by atoms with van der Waals surface area (Å²) in [6, 6.07) is 10.4. The van der Waals surface area contributed by atoms with Crippen LogP contribution in [-0.2, 0) is 23.9 Å². The molecule has 2 fully saturated rings. The summed E-state index contributed by atoms with van der Waals surface area (Å²) in [6.07, 6.45) is -3.27. The Bertz CT molecular complexity index is 1520. The second-order valence-corrected chi connectivity index (χ2v) is 10.9. The summed E-state index contributed by atoms with van der Waals surface area (Å²) in [5.41, 5.74) is 6.84. The number of aromatic nitrogens is 1. The van der Waals surface area contributed by atoms with E-state index in [9.17, 15) is 18.0 Å². The molecular weight excluding hydrogens is 569 g/mol. The molecule has 7 nitrogen and oxygen atoms in total. The number of carbonyl (C=O) groups excluding carboxylic acids is 1. The van der Waals surface area contributed by atoms with E-state index in [4.69, 9.17) is 26.8 Å². The van der Waals surface area contributed by atoms with Crippen LogP contribution >= 0.6 is 11.6 Å². The molecule has 5 rings (SSSR count). The van der Waals surface area contributed by atoms with Crippen molar-refractivity contribution in [2.75, 3.05) is 52.2 Å². The van der Waals surface area contributed by atoms with Crippen LogP contribution in [0.25, 0.3) is 0 Å². The summed E-state index contributed by atoms with van der Waals surface area (Å²) >= 11 is 6.34. The van der Waals surface area contributed by atoms with Crippen molar-refractivity contribution in [2.45, 2.75) is 25.2 Å². The smallest absolute Gasteiger partial charge is 0.416 e. The third-order valence-electron chi connectivity index (χ3n) is 7.26. The molecule has 220 valence electrons. The summed E-state index contributed by atoms with van der Waals surface area (Å²) in [6.45, 7) is 4.23. The Balaban J connectivity index is 1.32. The number of alkyl halides is 3. The molecule has 2 aliphatic rings. The number of carbonyl (C=O) groups is 1. The van der Waals surface area contributed by atoms with Gasteiger partial charge in [-0.2, -0.15) is 13.2 Å². The predicted molar refractivity (Wildman–Crippen MR) is 154 cm³/mol. The molecule has 2 N–H and O–H groups in total. The lowest BCUT2D eigenvalue weighted by molar-refractivity contribution is -0.138. The first-order valence-electron chi connectivity index (χ1n) is 13.5. The Labute approximate surface area is 247 Å². The fourth-order valence-electron chi connectivity index (χ4n) is 4.69. The number of Topliss-reactive ketones (excluding diaryl/α,β-unsaturated/α-hetero) is 1. The Kier molecular flexibility index (Phi) is 9.04. The molecule has 1 aromatic heterocycles. The molecule has 2 saturated heterocycles. The third-order valence-corrected chi connectivity index (χ3v) is 7.59. The van der Waals surface area contributed by atoms with Crippen LogP contribution in [0.5, 0.6) is 5.75 Å². The minimum absolute atomic E-state index is 0.0475. The van der Waals surface area contributed by atoms with Crippen LogP contribution < -0.4 is 10.5 Å². The number of nitrogen functional groups attached to an aromatic ring is 1. The Hall–Kier alpha value is -3.62. The number of hydrogen-bond acceptors (Lipinski definition) is 7. The van der Waals surface area contributed by atoms with Gasteiger partial charge in [-0.1, -0.05) is 35.6 Å². The lowest BCUT2D eigenvalue weighted by atomic mass is 9.97. The van der Waals surface area contributed by atoms with Crippen molar-refractivity contribution in [3.63, 3.8) is 0 Å². The zero-order valence-corrected chi connectivity index (χ0v) is 23.8. The lowest BCUT2D eigenvalue weighted by Crippen LogP contribution is -2.44. The maximum absolute atomic E-state index is 14.0. The van der Waals surface area contributed by atoms with Crippen molar-refractivity contribution >= 4 is 23.2 Å². The molecule has 42 heavy (non-hydrogen) atoms. The number of anilines is 1. The number of ketones is 1. The number of hydrogen-bond donors (Lipinski definition) is 1. The summed E-state index contributed by atoms with van der Waals surface area (Å²) in [5.74, 6) is 6.21. The quantitative estimate of drug-likeness (QED) is 0.312. The SMILES string of the molecule is CN1CCN(Cc2ccc(CC(=O)c3ccc(Cl)c(C#Cc4cc(OC5COC5)cnc4N)c3)cc2C(F)(F)F)CC1. The molecule has 3 heterocycles. The van der Waals surface area contributed by atoms with E-state index in [0.717, 1.165) is 19.2 Å². The molecule has 0 unspecified atom stereocenters. The van der Waals surface area contributed by atoms with Gasteiger partial charge in [-0.05, 0) is 42.4 Å². The van der Waals surface area contributed by atoms with Gasteiger partial charge >= 0.3 is 6.18 Å². The van der Waals surface area contributed by atoms with Crippen molar-refractivity contribution in [3.8, 4) is 17.6 Å². The first kappa shape index (κ1) is 29.9. The molecule has 2 aliphatic heterocycles. The summed E-state index contributed by atoms with van der Waals surface area (Å²) in [5, 5.41) is 0.317. The second kappa shape index (κ2) is 12.7. The van der Waals surface area contributed by atoms with Crippen molar-refractivity contribution in [1.82, 2.24) is 14.8 Å². The zero-order chi connectivity index (χ0) is 29.9. The van der Waals surface area contributed by atoms with Gasteiger partial charge in [0.25, 0.3) is 0 Å². The largest absolute Gasteiger partial charge is 0.484 e. The van der Waals surface area contributed by atoms with Crippen molar-refractivity contribution in [1.29, 1.82) is 0 Å².